The molecule has 0 spiro atoms. The lowest BCUT2D eigenvalue weighted by Gasteiger charge is -2.07. The Morgan fingerprint density at radius 2 is 2.00 bits per heavy atom. The highest BCUT2D eigenvalue weighted by Crippen LogP contribution is 2.21. The van der Waals surface area contributed by atoms with E-state index in [1.165, 1.54) is 12.1 Å². The van der Waals surface area contributed by atoms with Gasteiger partial charge in [0.2, 0.25) is 0 Å². The second-order valence-electron chi connectivity index (χ2n) is 4.04. The average molecular weight is 290 g/mol. The van der Waals surface area contributed by atoms with Crippen LogP contribution in [0.3, 0.4) is 0 Å². The molecule has 6 heteroatoms. The third-order valence-electron chi connectivity index (χ3n) is 2.37. The van der Waals surface area contributed by atoms with Crippen LogP contribution in [0.1, 0.15) is 24.0 Å². The van der Waals surface area contributed by atoms with Crippen LogP contribution in [-0.2, 0) is 11.3 Å². The highest BCUT2D eigenvalue weighted by Gasteiger charge is 2.25. The lowest BCUT2D eigenvalue weighted by Crippen LogP contribution is -2.09. The smallest absolute Gasteiger partial charge is 0.384 e. The second-order valence-corrected chi connectivity index (χ2v) is 4.04. The van der Waals surface area contributed by atoms with Crippen molar-refractivity contribution in [2.75, 3.05) is 13.2 Å². The second kappa shape index (κ2) is 7.88. The van der Waals surface area contributed by atoms with Gasteiger partial charge in [-0.25, -0.2) is 4.39 Å². The van der Waals surface area contributed by atoms with Gasteiger partial charge in [0.25, 0.3) is 0 Å². The Morgan fingerprint density at radius 1 is 1.25 bits per heavy atom. The Bertz CT molecular complexity index is 486. The van der Waals surface area contributed by atoms with E-state index in [1.54, 1.807) is 6.07 Å². The predicted molar refractivity (Wildman–Crippen MR) is 65.3 cm³/mol. The largest absolute Gasteiger partial charge is 0.389 e. The van der Waals surface area contributed by atoms with Gasteiger partial charge in [0.1, 0.15) is 12.4 Å². The van der Waals surface area contributed by atoms with Crippen molar-refractivity contribution in [3.05, 3.63) is 35.1 Å². The van der Waals surface area contributed by atoms with Crippen molar-refractivity contribution in [3.63, 3.8) is 0 Å². The van der Waals surface area contributed by atoms with Gasteiger partial charge in [0.05, 0.1) is 6.61 Å². The number of ether oxygens (including phenoxy) is 1. The predicted octanol–water partition coefficient (Wildman–Crippen LogP) is 3.03. The quantitative estimate of drug-likeness (QED) is 0.513. The maximum atomic E-state index is 13.6. The van der Waals surface area contributed by atoms with Gasteiger partial charge in [-0.05, 0) is 18.6 Å². The number of hydrogen-bond donors (Lipinski definition) is 1. The minimum atomic E-state index is -4.19. The van der Waals surface area contributed by atoms with Crippen LogP contribution in [-0.4, -0.2) is 24.5 Å². The molecule has 0 fully saturated rings. The molecule has 0 amide bonds. The van der Waals surface area contributed by atoms with E-state index in [2.05, 4.69) is 11.8 Å². The summed E-state index contributed by atoms with van der Waals surface area (Å²) < 4.78 is 54.2. The van der Waals surface area contributed by atoms with Crippen LogP contribution in [0, 0.1) is 17.7 Å². The first-order chi connectivity index (χ1) is 9.42. The fraction of sp³-hybridized carbons (Fsp3) is 0.429. The third kappa shape index (κ3) is 6.55. The molecule has 1 N–H and O–H groups in total. The summed E-state index contributed by atoms with van der Waals surface area (Å²) in [4.78, 5) is 0. The summed E-state index contributed by atoms with van der Waals surface area (Å²) in [7, 11) is 0. The summed E-state index contributed by atoms with van der Waals surface area (Å²) in [5.74, 6) is 4.40. The maximum Gasteiger partial charge on any atom is 0.389 e. The van der Waals surface area contributed by atoms with Crippen molar-refractivity contribution in [1.82, 2.24) is 0 Å². The molecule has 20 heavy (non-hydrogen) atoms. The highest BCUT2D eigenvalue weighted by atomic mass is 19.4. The summed E-state index contributed by atoms with van der Waals surface area (Å²) in [5, 5.41) is 8.51. The van der Waals surface area contributed by atoms with Crippen LogP contribution in [0.2, 0.25) is 0 Å². The molecule has 110 valence electrons. The van der Waals surface area contributed by atoms with Crippen molar-refractivity contribution < 1.29 is 27.4 Å². The Morgan fingerprint density at radius 3 is 2.60 bits per heavy atom. The van der Waals surface area contributed by atoms with Crippen molar-refractivity contribution in [1.29, 1.82) is 0 Å². The number of halogens is 4. The van der Waals surface area contributed by atoms with E-state index in [1.807, 2.05) is 0 Å². The molecule has 1 aromatic rings. The van der Waals surface area contributed by atoms with Crippen LogP contribution in [0.5, 0.6) is 0 Å². The zero-order valence-electron chi connectivity index (χ0n) is 10.6. The van der Waals surface area contributed by atoms with Gasteiger partial charge in [0, 0.05) is 24.2 Å². The molecule has 0 radical (unpaired) electrons. The molecule has 0 bridgehead atoms. The number of aliphatic hydroxyl groups excluding tert-OH is 1. The van der Waals surface area contributed by atoms with E-state index in [-0.39, 0.29) is 31.8 Å². The number of rotatable bonds is 5. The Kier molecular flexibility index (Phi) is 6.49. The van der Waals surface area contributed by atoms with Gasteiger partial charge in [-0.3, -0.25) is 0 Å². The lowest BCUT2D eigenvalue weighted by atomic mass is 10.1. The monoisotopic (exact) mass is 290 g/mol. The molecular formula is C14H14F4O2. The molecule has 0 saturated heterocycles. The van der Waals surface area contributed by atoms with Crippen molar-refractivity contribution >= 4 is 0 Å². The fourth-order valence-electron chi connectivity index (χ4n) is 1.44. The summed E-state index contributed by atoms with van der Waals surface area (Å²) in [6.45, 7) is -0.478. The molecular weight excluding hydrogens is 276 g/mol. The van der Waals surface area contributed by atoms with E-state index in [4.69, 9.17) is 9.84 Å². The molecule has 0 aliphatic heterocycles. The van der Waals surface area contributed by atoms with Crippen molar-refractivity contribution in [2.24, 2.45) is 0 Å². The number of hydrogen-bond acceptors (Lipinski definition) is 2. The van der Waals surface area contributed by atoms with Crippen LogP contribution >= 0.6 is 0 Å². The van der Waals surface area contributed by atoms with E-state index < -0.39 is 18.4 Å². The van der Waals surface area contributed by atoms with Crippen LogP contribution in [0.15, 0.2) is 18.2 Å². The van der Waals surface area contributed by atoms with Gasteiger partial charge in [0.15, 0.2) is 0 Å². The van der Waals surface area contributed by atoms with Gasteiger partial charge >= 0.3 is 6.18 Å². The van der Waals surface area contributed by atoms with E-state index in [0.29, 0.717) is 5.56 Å². The van der Waals surface area contributed by atoms with Gasteiger partial charge in [-0.1, -0.05) is 17.9 Å². The SMILES string of the molecule is OCC#Cc1ccc(COCCCC(F)(F)F)c(F)c1. The summed E-state index contributed by atoms with van der Waals surface area (Å²) in [6.07, 6.45) is -5.25. The zero-order chi connectivity index (χ0) is 15.0. The van der Waals surface area contributed by atoms with Crippen molar-refractivity contribution in [3.8, 4) is 11.8 Å². The first-order valence-electron chi connectivity index (χ1n) is 5.95. The number of aliphatic hydroxyl groups is 1. The first-order valence-corrected chi connectivity index (χ1v) is 5.95. The molecule has 0 aliphatic rings. The maximum absolute atomic E-state index is 13.6. The molecule has 0 heterocycles. The standard InChI is InChI=1S/C14H14F4O2/c15-13-9-11(3-1-7-19)4-5-12(13)10-20-8-2-6-14(16,17)18/h4-5,9,19H,2,6-8,10H2. The molecule has 0 aliphatic carbocycles. The first kappa shape index (κ1) is 16.5. The Hall–Kier alpha value is -1.58. The highest BCUT2D eigenvalue weighted by molar-refractivity contribution is 5.36. The minimum Gasteiger partial charge on any atom is -0.384 e. The number of benzene rings is 1. The zero-order valence-corrected chi connectivity index (χ0v) is 10.6. The molecule has 2 nitrogen and oxygen atoms in total. The van der Waals surface area contributed by atoms with Crippen LogP contribution in [0.25, 0.3) is 0 Å². The van der Waals surface area contributed by atoms with Gasteiger partial charge in [-0.2, -0.15) is 13.2 Å². The summed E-state index contributed by atoms with van der Waals surface area (Å²) in [5.41, 5.74) is 0.670. The number of alkyl halides is 3. The summed E-state index contributed by atoms with van der Waals surface area (Å²) >= 11 is 0. The van der Waals surface area contributed by atoms with Gasteiger partial charge < -0.3 is 9.84 Å². The third-order valence-corrected chi connectivity index (χ3v) is 2.37. The molecule has 1 aromatic carbocycles. The minimum absolute atomic E-state index is 0.0784. The van der Waals surface area contributed by atoms with Crippen LogP contribution in [0.4, 0.5) is 17.6 Å². The molecule has 0 aromatic heterocycles. The average Bonchev–Trinajstić information content (AvgIpc) is 2.36. The lowest BCUT2D eigenvalue weighted by molar-refractivity contribution is -0.138. The normalized spacial score (nSPS) is 11.1. The fourth-order valence-corrected chi connectivity index (χ4v) is 1.44. The van der Waals surface area contributed by atoms with Crippen molar-refractivity contribution in [2.45, 2.75) is 25.6 Å². The Balaban J connectivity index is 2.41. The van der Waals surface area contributed by atoms with Crippen LogP contribution < -0.4 is 0 Å². The van der Waals surface area contributed by atoms with E-state index >= 15 is 0 Å². The Labute approximate surface area is 114 Å². The topological polar surface area (TPSA) is 29.5 Å². The molecule has 0 unspecified atom stereocenters. The molecule has 0 saturated carbocycles. The summed E-state index contributed by atoms with van der Waals surface area (Å²) in [6, 6.07) is 4.21. The van der Waals surface area contributed by atoms with Gasteiger partial charge in [-0.15, -0.1) is 0 Å². The molecule has 1 rings (SSSR count). The molecule has 0 atom stereocenters. The van der Waals surface area contributed by atoms with E-state index in [9.17, 15) is 17.6 Å². The van der Waals surface area contributed by atoms with E-state index in [0.717, 1.165) is 0 Å².